The molecule has 1 fully saturated rings. The van der Waals surface area contributed by atoms with Crippen LogP contribution in [0.4, 0.5) is 0 Å². The molecule has 0 aromatic heterocycles. The molecule has 1 amide bonds. The Hall–Kier alpha value is -1.40. The van der Waals surface area contributed by atoms with Gasteiger partial charge in [0.05, 0.1) is 10.8 Å². The van der Waals surface area contributed by atoms with Gasteiger partial charge in [-0.2, -0.15) is 4.31 Å². The SMILES string of the molecule is CC(C)[C@H](C)NC(=O)[C@H]1CCCN(S(=O)(=O)c2ccccc2)C1. The fourth-order valence-corrected chi connectivity index (χ4v) is 4.17. The molecule has 1 heterocycles. The van der Waals surface area contributed by atoms with Crippen LogP contribution in [0.5, 0.6) is 0 Å². The average molecular weight is 338 g/mol. The quantitative estimate of drug-likeness (QED) is 0.895. The maximum absolute atomic E-state index is 12.7. The Morgan fingerprint density at radius 1 is 1.22 bits per heavy atom. The van der Waals surface area contributed by atoms with Crippen molar-refractivity contribution in [3.05, 3.63) is 30.3 Å². The Morgan fingerprint density at radius 2 is 1.87 bits per heavy atom. The van der Waals surface area contributed by atoms with E-state index in [0.717, 1.165) is 6.42 Å². The molecule has 1 saturated heterocycles. The third kappa shape index (κ3) is 4.32. The molecular formula is C17H26N2O3S. The summed E-state index contributed by atoms with van der Waals surface area (Å²) in [6.45, 7) is 6.81. The molecule has 5 nitrogen and oxygen atoms in total. The fraction of sp³-hybridized carbons (Fsp3) is 0.588. The van der Waals surface area contributed by atoms with Crippen LogP contribution in [0.25, 0.3) is 0 Å². The van der Waals surface area contributed by atoms with Crippen LogP contribution >= 0.6 is 0 Å². The first kappa shape index (κ1) is 17.9. The molecule has 0 aliphatic carbocycles. The highest BCUT2D eigenvalue weighted by Gasteiger charge is 2.33. The molecule has 0 saturated carbocycles. The number of piperidine rings is 1. The number of hydrogen-bond donors (Lipinski definition) is 1. The van der Waals surface area contributed by atoms with Gasteiger partial charge in [-0.15, -0.1) is 0 Å². The van der Waals surface area contributed by atoms with Gasteiger partial charge in [0.15, 0.2) is 0 Å². The summed E-state index contributed by atoms with van der Waals surface area (Å²) in [6.07, 6.45) is 1.44. The largest absolute Gasteiger partial charge is 0.353 e. The number of carbonyl (C=O) groups excluding carboxylic acids is 1. The number of hydrogen-bond acceptors (Lipinski definition) is 3. The number of amides is 1. The number of carbonyl (C=O) groups is 1. The van der Waals surface area contributed by atoms with Crippen molar-refractivity contribution in [2.75, 3.05) is 13.1 Å². The van der Waals surface area contributed by atoms with Crippen molar-refractivity contribution in [1.29, 1.82) is 0 Å². The van der Waals surface area contributed by atoms with E-state index in [-0.39, 0.29) is 29.3 Å². The Morgan fingerprint density at radius 3 is 2.48 bits per heavy atom. The van der Waals surface area contributed by atoms with Gasteiger partial charge in [0.2, 0.25) is 15.9 Å². The zero-order valence-corrected chi connectivity index (χ0v) is 14.8. The third-order valence-corrected chi connectivity index (χ3v) is 6.39. The average Bonchev–Trinajstić information content (AvgIpc) is 2.55. The molecule has 1 aliphatic heterocycles. The Balaban J connectivity index is 2.08. The number of nitrogens with zero attached hydrogens (tertiary/aromatic N) is 1. The van der Waals surface area contributed by atoms with E-state index in [9.17, 15) is 13.2 Å². The third-order valence-electron chi connectivity index (χ3n) is 4.51. The highest BCUT2D eigenvalue weighted by Crippen LogP contribution is 2.24. The lowest BCUT2D eigenvalue weighted by atomic mass is 9.97. The van der Waals surface area contributed by atoms with Crippen molar-refractivity contribution in [2.45, 2.75) is 44.6 Å². The molecule has 0 bridgehead atoms. The highest BCUT2D eigenvalue weighted by molar-refractivity contribution is 7.89. The van der Waals surface area contributed by atoms with Crippen molar-refractivity contribution in [3.8, 4) is 0 Å². The molecule has 2 atom stereocenters. The number of benzene rings is 1. The molecule has 1 aromatic rings. The van der Waals surface area contributed by atoms with E-state index in [0.29, 0.717) is 18.9 Å². The van der Waals surface area contributed by atoms with Crippen molar-refractivity contribution in [1.82, 2.24) is 9.62 Å². The van der Waals surface area contributed by atoms with E-state index in [1.54, 1.807) is 30.3 Å². The number of nitrogens with one attached hydrogen (secondary N) is 1. The maximum atomic E-state index is 12.7. The predicted molar refractivity (Wildman–Crippen MR) is 90.4 cm³/mol. The monoisotopic (exact) mass is 338 g/mol. The van der Waals surface area contributed by atoms with Crippen LogP contribution in [0.3, 0.4) is 0 Å². The van der Waals surface area contributed by atoms with Crippen LogP contribution in [0.2, 0.25) is 0 Å². The minimum Gasteiger partial charge on any atom is -0.353 e. The second kappa shape index (κ2) is 7.45. The maximum Gasteiger partial charge on any atom is 0.243 e. The summed E-state index contributed by atoms with van der Waals surface area (Å²) in [5.41, 5.74) is 0. The first-order valence-corrected chi connectivity index (χ1v) is 9.62. The van der Waals surface area contributed by atoms with Crippen LogP contribution in [0, 0.1) is 11.8 Å². The van der Waals surface area contributed by atoms with E-state index in [2.05, 4.69) is 19.2 Å². The topological polar surface area (TPSA) is 66.5 Å². The van der Waals surface area contributed by atoms with Crippen LogP contribution in [-0.4, -0.2) is 37.8 Å². The zero-order chi connectivity index (χ0) is 17.0. The van der Waals surface area contributed by atoms with E-state index < -0.39 is 10.0 Å². The molecule has 128 valence electrons. The van der Waals surface area contributed by atoms with Gasteiger partial charge < -0.3 is 5.32 Å². The number of sulfonamides is 1. The summed E-state index contributed by atoms with van der Waals surface area (Å²) in [5, 5.41) is 3.00. The van der Waals surface area contributed by atoms with E-state index in [4.69, 9.17) is 0 Å². The molecule has 1 aliphatic rings. The van der Waals surface area contributed by atoms with Gasteiger partial charge in [0.1, 0.15) is 0 Å². The van der Waals surface area contributed by atoms with E-state index in [1.165, 1.54) is 4.31 Å². The van der Waals surface area contributed by atoms with Crippen molar-refractivity contribution >= 4 is 15.9 Å². The first-order chi connectivity index (χ1) is 10.8. The summed E-state index contributed by atoms with van der Waals surface area (Å²) >= 11 is 0. The van der Waals surface area contributed by atoms with Gasteiger partial charge in [0.25, 0.3) is 0 Å². The normalized spacial score (nSPS) is 21.1. The van der Waals surface area contributed by atoms with Gasteiger partial charge in [-0.1, -0.05) is 32.0 Å². The van der Waals surface area contributed by atoms with Crippen LogP contribution in [0.1, 0.15) is 33.6 Å². The molecule has 23 heavy (non-hydrogen) atoms. The van der Waals surface area contributed by atoms with Gasteiger partial charge in [-0.05, 0) is 37.8 Å². The summed E-state index contributed by atoms with van der Waals surface area (Å²) in [6, 6.07) is 8.50. The minimum absolute atomic E-state index is 0.0424. The Labute approximate surface area is 139 Å². The Bertz CT molecular complexity index is 628. The summed E-state index contributed by atoms with van der Waals surface area (Å²) in [4.78, 5) is 12.7. The lowest BCUT2D eigenvalue weighted by Gasteiger charge is -2.32. The van der Waals surface area contributed by atoms with Crippen LogP contribution in [0.15, 0.2) is 35.2 Å². The zero-order valence-electron chi connectivity index (χ0n) is 14.0. The summed E-state index contributed by atoms with van der Waals surface area (Å²) in [7, 11) is -3.52. The smallest absolute Gasteiger partial charge is 0.243 e. The van der Waals surface area contributed by atoms with Gasteiger partial charge in [0, 0.05) is 19.1 Å². The fourth-order valence-electron chi connectivity index (χ4n) is 2.63. The van der Waals surface area contributed by atoms with Crippen LogP contribution in [-0.2, 0) is 14.8 Å². The lowest BCUT2D eigenvalue weighted by Crippen LogP contribution is -2.47. The molecule has 0 unspecified atom stereocenters. The molecule has 6 heteroatoms. The molecule has 0 spiro atoms. The standard InChI is InChI=1S/C17H26N2O3S/c1-13(2)14(3)18-17(20)15-8-7-11-19(12-15)23(21,22)16-9-5-4-6-10-16/h4-6,9-10,13-15H,7-8,11-12H2,1-3H3,(H,18,20)/t14-,15-/m0/s1. The molecule has 1 aromatic carbocycles. The van der Waals surface area contributed by atoms with Gasteiger partial charge in [-0.3, -0.25) is 4.79 Å². The molecular weight excluding hydrogens is 312 g/mol. The lowest BCUT2D eigenvalue weighted by molar-refractivity contribution is -0.127. The highest BCUT2D eigenvalue weighted by atomic mass is 32.2. The summed E-state index contributed by atoms with van der Waals surface area (Å²) < 4.78 is 26.8. The number of rotatable bonds is 5. The minimum atomic E-state index is -3.52. The second-order valence-electron chi connectivity index (χ2n) is 6.56. The molecule has 1 N–H and O–H groups in total. The molecule has 2 rings (SSSR count). The predicted octanol–water partition coefficient (Wildman–Crippen LogP) is 2.25. The molecule has 0 radical (unpaired) electrons. The van der Waals surface area contributed by atoms with Crippen molar-refractivity contribution in [2.24, 2.45) is 11.8 Å². The Kier molecular flexibility index (Phi) is 5.81. The summed E-state index contributed by atoms with van der Waals surface area (Å²) in [5.74, 6) is 0.0364. The van der Waals surface area contributed by atoms with E-state index in [1.807, 2.05) is 6.92 Å². The van der Waals surface area contributed by atoms with Crippen LogP contribution < -0.4 is 5.32 Å². The van der Waals surface area contributed by atoms with E-state index >= 15 is 0 Å². The van der Waals surface area contributed by atoms with Crippen molar-refractivity contribution < 1.29 is 13.2 Å². The second-order valence-corrected chi connectivity index (χ2v) is 8.49. The van der Waals surface area contributed by atoms with Crippen molar-refractivity contribution in [3.63, 3.8) is 0 Å². The first-order valence-electron chi connectivity index (χ1n) is 8.18. The van der Waals surface area contributed by atoms with Gasteiger partial charge >= 0.3 is 0 Å². The van der Waals surface area contributed by atoms with Gasteiger partial charge in [-0.25, -0.2) is 8.42 Å².